The molecule has 9 nitrogen and oxygen atoms in total. The number of fused-ring (bicyclic) bond motifs is 4. The first-order chi connectivity index (χ1) is 24.9. The average molecular weight is 700 g/mol. The molecule has 3 aliphatic rings. The normalized spacial score (nSPS) is 20.8. The Balaban J connectivity index is 1.24. The van der Waals surface area contributed by atoms with E-state index in [1.807, 2.05) is 6.92 Å². The summed E-state index contributed by atoms with van der Waals surface area (Å²) < 4.78 is 12.2. The number of carbonyl (C=O) groups excluding carboxylic acids is 4. The fourth-order valence-corrected chi connectivity index (χ4v) is 8.55. The number of ketones is 4. The van der Waals surface area contributed by atoms with Gasteiger partial charge in [-0.3, -0.25) is 24.5 Å². The molecule has 3 atom stereocenters. The van der Waals surface area contributed by atoms with Gasteiger partial charge in [0.15, 0.2) is 23.1 Å². The van der Waals surface area contributed by atoms with Crippen molar-refractivity contribution >= 4 is 34.5 Å². The molecular formula is C43H45N3O6. The van der Waals surface area contributed by atoms with Crippen LogP contribution in [0.5, 0.6) is 0 Å². The Morgan fingerprint density at radius 2 is 1.27 bits per heavy atom. The SMILES string of the molecule is CCOC1CC(C)(C)NC(CCCC(C)Nc2ccc(-c3ccc(N)c4c3C(=O)c3ccccc3C4=O)c3c2C(=O)c2ccccc2C3=O)(OC)C1. The average Bonchev–Trinajstić information content (AvgIpc) is 3.12. The number of ether oxygens (including phenoxy) is 2. The summed E-state index contributed by atoms with van der Waals surface area (Å²) in [5, 5.41) is 7.27. The first-order valence-electron chi connectivity index (χ1n) is 18.1. The van der Waals surface area contributed by atoms with Crippen molar-refractivity contribution in [2.45, 2.75) is 83.2 Å². The van der Waals surface area contributed by atoms with Gasteiger partial charge in [-0.05, 0) is 76.6 Å². The molecule has 0 saturated carbocycles. The van der Waals surface area contributed by atoms with Crippen LogP contribution in [0, 0.1) is 0 Å². The van der Waals surface area contributed by atoms with Gasteiger partial charge in [0.2, 0.25) is 0 Å². The first kappa shape index (κ1) is 35.4. The number of nitrogen functional groups attached to an aromatic ring is 1. The summed E-state index contributed by atoms with van der Waals surface area (Å²) in [4.78, 5) is 56.6. The van der Waals surface area contributed by atoms with Gasteiger partial charge in [-0.25, -0.2) is 0 Å². The van der Waals surface area contributed by atoms with Crippen molar-refractivity contribution in [1.82, 2.24) is 5.32 Å². The summed E-state index contributed by atoms with van der Waals surface area (Å²) in [5.41, 5.74) is 9.03. The largest absolute Gasteiger partial charge is 0.398 e. The van der Waals surface area contributed by atoms with E-state index < -0.39 is 5.72 Å². The molecule has 4 aromatic carbocycles. The standard InChI is InChI=1S/C43H45N3O6/c1-6-52-25-22-42(3,4)46-43(23-25,51-5)21-11-12-24(2)45-33-20-18-27(35-37(33)41(50)31-16-10-8-14-29(31)39(35)48)26-17-19-32(44)36-34(26)38(47)28-13-7-9-15-30(28)40(36)49/h7-10,13-20,24-25,45-46H,6,11-12,21-23,44H2,1-5H3. The Morgan fingerprint density at radius 1 is 0.750 bits per heavy atom. The van der Waals surface area contributed by atoms with Crippen LogP contribution in [0.4, 0.5) is 11.4 Å². The molecule has 1 aliphatic heterocycles. The van der Waals surface area contributed by atoms with Gasteiger partial charge in [0.05, 0.1) is 17.2 Å². The Bertz CT molecular complexity index is 2140. The highest BCUT2D eigenvalue weighted by molar-refractivity contribution is 6.34. The smallest absolute Gasteiger partial charge is 0.196 e. The molecule has 1 heterocycles. The van der Waals surface area contributed by atoms with Crippen LogP contribution in [0.3, 0.4) is 0 Å². The van der Waals surface area contributed by atoms with Crippen LogP contribution in [-0.4, -0.2) is 60.3 Å². The molecule has 1 saturated heterocycles. The maximum absolute atomic E-state index is 14.4. The van der Waals surface area contributed by atoms with Crippen molar-refractivity contribution in [3.8, 4) is 11.1 Å². The minimum absolute atomic E-state index is 0.0665. The van der Waals surface area contributed by atoms with Crippen molar-refractivity contribution in [2.75, 3.05) is 24.8 Å². The lowest BCUT2D eigenvalue weighted by atomic mass is 9.75. The van der Waals surface area contributed by atoms with E-state index in [-0.39, 0.29) is 79.9 Å². The summed E-state index contributed by atoms with van der Waals surface area (Å²) >= 11 is 0. The van der Waals surface area contributed by atoms with Crippen LogP contribution in [0.2, 0.25) is 0 Å². The van der Waals surface area contributed by atoms with E-state index in [0.29, 0.717) is 34.5 Å². The predicted molar refractivity (Wildman–Crippen MR) is 201 cm³/mol. The molecule has 0 spiro atoms. The zero-order valence-electron chi connectivity index (χ0n) is 30.4. The molecule has 0 bridgehead atoms. The van der Waals surface area contributed by atoms with Gasteiger partial charge in [0.25, 0.3) is 0 Å². The highest BCUT2D eigenvalue weighted by Gasteiger charge is 2.44. The van der Waals surface area contributed by atoms with E-state index in [2.05, 4.69) is 31.4 Å². The molecule has 4 aromatic rings. The minimum atomic E-state index is -0.522. The minimum Gasteiger partial charge on any atom is -0.398 e. The number of benzene rings is 4. The zero-order chi connectivity index (χ0) is 36.9. The summed E-state index contributed by atoms with van der Waals surface area (Å²) in [6, 6.07) is 20.2. The van der Waals surface area contributed by atoms with Gasteiger partial charge in [0.1, 0.15) is 5.72 Å². The van der Waals surface area contributed by atoms with Gasteiger partial charge in [0, 0.05) is 76.5 Å². The number of carbonyl (C=O) groups is 4. The van der Waals surface area contributed by atoms with E-state index >= 15 is 0 Å². The summed E-state index contributed by atoms with van der Waals surface area (Å²) in [6.45, 7) is 9.07. The molecule has 268 valence electrons. The second kappa shape index (κ2) is 13.5. The number of hydrogen-bond donors (Lipinski definition) is 3. The maximum atomic E-state index is 14.4. The Labute approximate surface area is 304 Å². The second-order valence-electron chi connectivity index (χ2n) is 14.9. The van der Waals surface area contributed by atoms with Gasteiger partial charge < -0.3 is 20.5 Å². The topological polar surface area (TPSA) is 137 Å². The lowest BCUT2D eigenvalue weighted by Crippen LogP contribution is -2.63. The Kier molecular flexibility index (Phi) is 9.23. The molecular weight excluding hydrogens is 654 g/mol. The molecule has 0 radical (unpaired) electrons. The molecule has 0 amide bonds. The van der Waals surface area contributed by atoms with Crippen molar-refractivity contribution in [3.63, 3.8) is 0 Å². The molecule has 7 rings (SSSR count). The van der Waals surface area contributed by atoms with Gasteiger partial charge in [-0.2, -0.15) is 0 Å². The van der Waals surface area contributed by atoms with Crippen molar-refractivity contribution < 1.29 is 28.7 Å². The van der Waals surface area contributed by atoms with E-state index in [4.69, 9.17) is 15.2 Å². The number of piperidine rings is 1. The third kappa shape index (κ3) is 6.06. The lowest BCUT2D eigenvalue weighted by molar-refractivity contribution is -0.138. The third-order valence-electron chi connectivity index (χ3n) is 10.7. The lowest BCUT2D eigenvalue weighted by Gasteiger charge is -2.48. The highest BCUT2D eigenvalue weighted by atomic mass is 16.5. The van der Waals surface area contributed by atoms with Crippen molar-refractivity contribution in [2.24, 2.45) is 0 Å². The van der Waals surface area contributed by atoms with Gasteiger partial charge >= 0.3 is 0 Å². The van der Waals surface area contributed by atoms with E-state index in [1.165, 1.54) is 0 Å². The summed E-state index contributed by atoms with van der Waals surface area (Å²) in [5.74, 6) is -1.32. The van der Waals surface area contributed by atoms with Crippen LogP contribution in [0.15, 0.2) is 72.8 Å². The number of hydrogen-bond acceptors (Lipinski definition) is 9. The maximum Gasteiger partial charge on any atom is 0.196 e. The molecule has 4 N–H and O–H groups in total. The molecule has 1 fully saturated rings. The fourth-order valence-electron chi connectivity index (χ4n) is 8.55. The van der Waals surface area contributed by atoms with E-state index in [0.717, 1.165) is 32.1 Å². The number of methoxy groups -OCH3 is 1. The Morgan fingerprint density at radius 3 is 1.83 bits per heavy atom. The number of nitrogens with two attached hydrogens (primary N) is 1. The number of anilines is 2. The van der Waals surface area contributed by atoms with Crippen LogP contribution in [-0.2, 0) is 9.47 Å². The summed E-state index contributed by atoms with van der Waals surface area (Å²) in [7, 11) is 1.74. The molecule has 2 aliphatic carbocycles. The Hall–Kier alpha value is -4.96. The molecule has 52 heavy (non-hydrogen) atoms. The van der Waals surface area contributed by atoms with E-state index in [9.17, 15) is 19.2 Å². The van der Waals surface area contributed by atoms with E-state index in [1.54, 1.807) is 79.9 Å². The van der Waals surface area contributed by atoms with Crippen molar-refractivity contribution in [1.29, 1.82) is 0 Å². The van der Waals surface area contributed by atoms with Crippen LogP contribution >= 0.6 is 0 Å². The van der Waals surface area contributed by atoms with Crippen LogP contribution in [0.1, 0.15) is 123 Å². The first-order valence-corrected chi connectivity index (χ1v) is 18.1. The second-order valence-corrected chi connectivity index (χ2v) is 14.9. The molecule has 3 unspecified atom stereocenters. The predicted octanol–water partition coefficient (Wildman–Crippen LogP) is 7.37. The third-order valence-corrected chi connectivity index (χ3v) is 10.7. The van der Waals surface area contributed by atoms with Crippen molar-refractivity contribution in [3.05, 3.63) is 117 Å². The quantitative estimate of drug-likeness (QED) is 0.125. The zero-order valence-corrected chi connectivity index (χ0v) is 30.4. The van der Waals surface area contributed by atoms with Crippen LogP contribution in [0.25, 0.3) is 11.1 Å². The fraction of sp³-hybridized carbons (Fsp3) is 0.349. The van der Waals surface area contributed by atoms with Gasteiger partial charge in [-0.15, -0.1) is 0 Å². The summed E-state index contributed by atoms with van der Waals surface area (Å²) in [6.07, 6.45) is 4.11. The molecule has 9 heteroatoms. The van der Waals surface area contributed by atoms with Gasteiger partial charge in [-0.1, -0.05) is 60.7 Å². The monoisotopic (exact) mass is 699 g/mol. The number of rotatable bonds is 10. The highest BCUT2D eigenvalue weighted by Crippen LogP contribution is 2.43. The van der Waals surface area contributed by atoms with Crippen LogP contribution < -0.4 is 16.4 Å². The number of nitrogens with one attached hydrogen (secondary N) is 2. The molecule has 0 aromatic heterocycles.